The molecule has 2 N–H and O–H groups in total. The molecule has 0 aromatic heterocycles. The summed E-state index contributed by atoms with van der Waals surface area (Å²) in [7, 11) is 0. The Morgan fingerprint density at radius 3 is 2.69 bits per heavy atom. The summed E-state index contributed by atoms with van der Waals surface area (Å²) in [5.74, 6) is -0.214. The molecule has 0 heterocycles. The molecule has 0 spiro atoms. The summed E-state index contributed by atoms with van der Waals surface area (Å²) in [5.41, 5.74) is 7.24. The molecule has 0 aliphatic heterocycles. The number of carbonyl (C=O) groups is 1. The number of halogens is 2. The predicted octanol–water partition coefficient (Wildman–Crippen LogP) is 2.65. The fourth-order valence-corrected chi connectivity index (χ4v) is 1.43. The highest BCUT2D eigenvalue weighted by atomic mass is 35.5. The summed E-state index contributed by atoms with van der Waals surface area (Å²) in [6.07, 6.45) is 0. The highest BCUT2D eigenvalue weighted by molar-refractivity contribution is 6.34. The first-order valence-corrected chi connectivity index (χ1v) is 4.62. The predicted molar refractivity (Wildman–Crippen MR) is 55.7 cm³/mol. The molecule has 0 aliphatic carbocycles. The molecule has 0 aliphatic rings. The minimum Gasteiger partial charge on any atom is -0.399 e. The van der Waals surface area contributed by atoms with E-state index in [1.54, 1.807) is 19.1 Å². The fraction of sp³-hybridized carbons (Fsp3) is 0.222. The number of rotatable bonds is 2. The van der Waals surface area contributed by atoms with Crippen LogP contribution in [0.3, 0.4) is 0 Å². The first-order valence-electron chi connectivity index (χ1n) is 3.71. The van der Waals surface area contributed by atoms with E-state index >= 15 is 0 Å². The van der Waals surface area contributed by atoms with Gasteiger partial charge >= 0.3 is 0 Å². The van der Waals surface area contributed by atoms with Crippen LogP contribution in [0.15, 0.2) is 12.1 Å². The summed E-state index contributed by atoms with van der Waals surface area (Å²) in [6, 6.07) is 3.20. The van der Waals surface area contributed by atoms with E-state index in [4.69, 9.17) is 28.9 Å². The minimum absolute atomic E-state index is 0.0549. The molecule has 0 fully saturated rings. The Hall–Kier alpha value is -0.730. The number of ketones is 1. The van der Waals surface area contributed by atoms with Crippen molar-refractivity contribution in [3.8, 4) is 0 Å². The van der Waals surface area contributed by atoms with Crippen LogP contribution in [0.5, 0.6) is 0 Å². The maximum Gasteiger partial charge on any atom is 0.177 e. The molecule has 1 rings (SSSR count). The second-order valence-corrected chi connectivity index (χ2v) is 3.41. The largest absolute Gasteiger partial charge is 0.399 e. The van der Waals surface area contributed by atoms with E-state index in [-0.39, 0.29) is 11.7 Å². The van der Waals surface area contributed by atoms with Crippen LogP contribution in [0.2, 0.25) is 5.02 Å². The lowest BCUT2D eigenvalue weighted by molar-refractivity contribution is 0.102. The van der Waals surface area contributed by atoms with Crippen LogP contribution in [0.1, 0.15) is 15.9 Å². The Bertz CT molecular complexity index is 350. The van der Waals surface area contributed by atoms with Crippen LogP contribution in [0.4, 0.5) is 5.69 Å². The Kier molecular flexibility index (Phi) is 3.17. The number of anilines is 1. The number of benzene rings is 1. The topological polar surface area (TPSA) is 43.1 Å². The van der Waals surface area contributed by atoms with Gasteiger partial charge in [-0.3, -0.25) is 4.79 Å². The zero-order valence-corrected chi connectivity index (χ0v) is 8.62. The van der Waals surface area contributed by atoms with Gasteiger partial charge < -0.3 is 5.73 Å². The molecule has 0 bridgehead atoms. The number of nitrogen functional groups attached to an aromatic ring is 1. The van der Waals surface area contributed by atoms with Crippen LogP contribution in [-0.4, -0.2) is 11.7 Å². The molecule has 0 saturated carbocycles. The molecule has 0 amide bonds. The summed E-state index contributed by atoms with van der Waals surface area (Å²) < 4.78 is 0. The highest BCUT2D eigenvalue weighted by Gasteiger charge is 2.10. The number of Topliss-reactive ketones (excluding diaryl/α,β-unsaturated/α-hetero) is 1. The third-order valence-electron chi connectivity index (χ3n) is 1.79. The molecule has 4 heteroatoms. The molecule has 0 unspecified atom stereocenters. The normalized spacial score (nSPS) is 10.1. The molecule has 0 saturated heterocycles. The number of nitrogens with two attached hydrogens (primary N) is 1. The molecule has 1 aromatic rings. The van der Waals surface area contributed by atoms with Gasteiger partial charge in [0, 0.05) is 16.3 Å². The van der Waals surface area contributed by atoms with Crippen molar-refractivity contribution in [3.05, 3.63) is 28.3 Å². The number of carbonyl (C=O) groups excluding carboxylic acids is 1. The van der Waals surface area contributed by atoms with Gasteiger partial charge in [0.15, 0.2) is 5.78 Å². The van der Waals surface area contributed by atoms with E-state index in [9.17, 15) is 4.79 Å². The number of hydrogen-bond donors (Lipinski definition) is 1. The molecular formula is C9H9Cl2NO. The third-order valence-corrected chi connectivity index (χ3v) is 2.42. The van der Waals surface area contributed by atoms with Crippen molar-refractivity contribution < 1.29 is 4.79 Å². The van der Waals surface area contributed by atoms with Crippen molar-refractivity contribution >= 4 is 34.7 Å². The van der Waals surface area contributed by atoms with Gasteiger partial charge in [-0.1, -0.05) is 11.6 Å². The summed E-state index contributed by atoms with van der Waals surface area (Å²) in [4.78, 5) is 11.3. The Labute approximate surface area is 86.6 Å². The summed E-state index contributed by atoms with van der Waals surface area (Å²) in [5, 5.41) is 0.494. The quantitative estimate of drug-likeness (QED) is 0.471. The zero-order chi connectivity index (χ0) is 10.0. The minimum atomic E-state index is -0.159. The van der Waals surface area contributed by atoms with Crippen LogP contribution in [-0.2, 0) is 0 Å². The molecular weight excluding hydrogens is 209 g/mol. The van der Waals surface area contributed by atoms with E-state index in [0.29, 0.717) is 16.3 Å². The van der Waals surface area contributed by atoms with E-state index in [0.717, 1.165) is 5.56 Å². The van der Waals surface area contributed by atoms with E-state index in [1.807, 2.05) is 0 Å². The summed E-state index contributed by atoms with van der Waals surface area (Å²) >= 11 is 11.3. The van der Waals surface area contributed by atoms with E-state index in [1.165, 1.54) is 0 Å². The van der Waals surface area contributed by atoms with Crippen molar-refractivity contribution in [2.24, 2.45) is 0 Å². The molecule has 70 valence electrons. The lowest BCUT2D eigenvalue weighted by Crippen LogP contribution is -2.04. The van der Waals surface area contributed by atoms with Crippen LogP contribution in [0, 0.1) is 6.92 Å². The van der Waals surface area contributed by atoms with Crippen LogP contribution in [0.25, 0.3) is 0 Å². The molecule has 0 atom stereocenters. The van der Waals surface area contributed by atoms with Crippen molar-refractivity contribution in [1.82, 2.24) is 0 Å². The SMILES string of the molecule is Cc1c(Cl)cc(N)cc1C(=O)CCl. The highest BCUT2D eigenvalue weighted by Crippen LogP contribution is 2.23. The smallest absolute Gasteiger partial charge is 0.177 e. The van der Waals surface area contributed by atoms with E-state index < -0.39 is 0 Å². The first kappa shape index (κ1) is 10.4. The van der Waals surface area contributed by atoms with Gasteiger partial charge in [-0.05, 0) is 24.6 Å². The average molecular weight is 218 g/mol. The maximum atomic E-state index is 11.3. The second-order valence-electron chi connectivity index (χ2n) is 2.73. The molecule has 0 radical (unpaired) electrons. The van der Waals surface area contributed by atoms with Gasteiger partial charge in [-0.25, -0.2) is 0 Å². The second kappa shape index (κ2) is 3.99. The van der Waals surface area contributed by atoms with Crippen molar-refractivity contribution in [2.75, 3.05) is 11.6 Å². The van der Waals surface area contributed by atoms with Gasteiger partial charge in [0.05, 0.1) is 5.88 Å². The van der Waals surface area contributed by atoms with Gasteiger partial charge in [-0.15, -0.1) is 11.6 Å². The first-order chi connectivity index (χ1) is 6.06. The Morgan fingerprint density at radius 2 is 2.15 bits per heavy atom. The number of hydrogen-bond acceptors (Lipinski definition) is 2. The lowest BCUT2D eigenvalue weighted by atomic mass is 10.0. The van der Waals surface area contributed by atoms with Crippen molar-refractivity contribution in [1.29, 1.82) is 0 Å². The zero-order valence-electron chi connectivity index (χ0n) is 7.10. The van der Waals surface area contributed by atoms with Gasteiger partial charge in [-0.2, -0.15) is 0 Å². The Balaban J connectivity index is 3.28. The molecule has 2 nitrogen and oxygen atoms in total. The van der Waals surface area contributed by atoms with Gasteiger partial charge in [0.2, 0.25) is 0 Å². The maximum absolute atomic E-state index is 11.3. The Morgan fingerprint density at radius 1 is 1.54 bits per heavy atom. The molecule has 1 aromatic carbocycles. The van der Waals surface area contributed by atoms with Crippen LogP contribution >= 0.6 is 23.2 Å². The van der Waals surface area contributed by atoms with Crippen molar-refractivity contribution in [3.63, 3.8) is 0 Å². The monoisotopic (exact) mass is 217 g/mol. The van der Waals surface area contributed by atoms with E-state index in [2.05, 4.69) is 0 Å². The standard InChI is InChI=1S/C9H9Cl2NO/c1-5-7(9(13)4-10)2-6(12)3-8(5)11/h2-3H,4,12H2,1H3. The third kappa shape index (κ3) is 2.14. The average Bonchev–Trinajstić information content (AvgIpc) is 2.10. The van der Waals surface area contributed by atoms with Gasteiger partial charge in [0.25, 0.3) is 0 Å². The van der Waals surface area contributed by atoms with Gasteiger partial charge in [0.1, 0.15) is 0 Å². The van der Waals surface area contributed by atoms with Crippen molar-refractivity contribution in [2.45, 2.75) is 6.92 Å². The molecule has 13 heavy (non-hydrogen) atoms. The van der Waals surface area contributed by atoms with Crippen LogP contribution < -0.4 is 5.73 Å². The summed E-state index contributed by atoms with van der Waals surface area (Å²) in [6.45, 7) is 1.77. The number of alkyl halides is 1. The lowest BCUT2D eigenvalue weighted by Gasteiger charge is -2.06. The fourth-order valence-electron chi connectivity index (χ4n) is 1.06.